The molecular weight excluding hydrogens is 353 g/mol. The van der Waals surface area contributed by atoms with E-state index in [0.29, 0.717) is 29.2 Å². The second-order valence-electron chi connectivity index (χ2n) is 5.66. The Morgan fingerprint density at radius 1 is 1.31 bits per heavy atom. The summed E-state index contributed by atoms with van der Waals surface area (Å²) in [4.78, 5) is 15.9. The summed E-state index contributed by atoms with van der Waals surface area (Å²) in [5, 5.41) is 5.56. The molecule has 0 atom stereocenters. The number of rotatable bonds is 8. The number of aromatic nitrogens is 1. The van der Waals surface area contributed by atoms with E-state index in [1.807, 2.05) is 0 Å². The lowest BCUT2D eigenvalue weighted by Crippen LogP contribution is -2.34. The molecule has 1 heterocycles. The standard InChI is InChI=1S/C19H22FN3O2S/c1-2-3-4-10-25-17-8-7-16(11-15(17)12-20)22-19(26)23-18(24)14-6-5-9-21-13-14/h5-9,11,13H,2-4,10,12H2,1H3,(H2,22,23,24,26). The number of amides is 1. The highest BCUT2D eigenvalue weighted by Crippen LogP contribution is 2.24. The highest BCUT2D eigenvalue weighted by Gasteiger charge is 2.10. The predicted molar refractivity (Wildman–Crippen MR) is 104 cm³/mol. The van der Waals surface area contributed by atoms with Crippen molar-refractivity contribution in [2.45, 2.75) is 32.9 Å². The molecule has 1 amide bonds. The average molecular weight is 375 g/mol. The lowest BCUT2D eigenvalue weighted by molar-refractivity contribution is 0.0977. The summed E-state index contributed by atoms with van der Waals surface area (Å²) in [6.07, 6.45) is 6.15. The van der Waals surface area contributed by atoms with Gasteiger partial charge in [-0.3, -0.25) is 15.1 Å². The molecular formula is C19H22FN3O2S. The summed E-state index contributed by atoms with van der Waals surface area (Å²) >= 11 is 5.14. The van der Waals surface area contributed by atoms with Crippen molar-refractivity contribution < 1.29 is 13.9 Å². The number of anilines is 1. The normalized spacial score (nSPS) is 10.2. The van der Waals surface area contributed by atoms with Crippen LogP contribution in [0.3, 0.4) is 0 Å². The summed E-state index contributed by atoms with van der Waals surface area (Å²) in [5.41, 5.74) is 1.42. The number of halogens is 1. The number of thiocarbonyl (C=S) groups is 1. The van der Waals surface area contributed by atoms with Crippen molar-refractivity contribution in [3.05, 3.63) is 53.9 Å². The molecule has 0 unspecified atom stereocenters. The molecule has 1 aromatic heterocycles. The van der Waals surface area contributed by atoms with Gasteiger partial charge in [0.1, 0.15) is 12.4 Å². The maximum absolute atomic E-state index is 13.3. The molecule has 1 aromatic carbocycles. The van der Waals surface area contributed by atoms with Crippen LogP contribution in [0, 0.1) is 0 Å². The predicted octanol–water partition coefficient (Wildman–Crippen LogP) is 4.25. The van der Waals surface area contributed by atoms with Crippen LogP contribution in [0.1, 0.15) is 42.1 Å². The lowest BCUT2D eigenvalue weighted by Gasteiger charge is -2.13. The highest BCUT2D eigenvalue weighted by molar-refractivity contribution is 7.80. The Morgan fingerprint density at radius 2 is 2.15 bits per heavy atom. The van der Waals surface area contributed by atoms with Gasteiger partial charge in [0.15, 0.2) is 5.11 Å². The van der Waals surface area contributed by atoms with Gasteiger partial charge in [-0.2, -0.15) is 0 Å². The highest BCUT2D eigenvalue weighted by atomic mass is 32.1. The van der Waals surface area contributed by atoms with Gasteiger partial charge in [0.2, 0.25) is 0 Å². The fourth-order valence-electron chi connectivity index (χ4n) is 2.27. The first-order chi connectivity index (χ1) is 12.6. The fraction of sp³-hybridized carbons (Fsp3) is 0.316. The fourth-order valence-corrected chi connectivity index (χ4v) is 2.48. The number of hydrogen-bond donors (Lipinski definition) is 2. The van der Waals surface area contributed by atoms with Gasteiger partial charge in [0.05, 0.1) is 12.2 Å². The van der Waals surface area contributed by atoms with E-state index in [1.165, 1.54) is 6.20 Å². The maximum atomic E-state index is 13.3. The van der Waals surface area contributed by atoms with Crippen LogP contribution in [-0.4, -0.2) is 22.6 Å². The minimum Gasteiger partial charge on any atom is -0.493 e. The molecule has 0 aliphatic rings. The molecule has 0 aliphatic carbocycles. The van der Waals surface area contributed by atoms with Crippen molar-refractivity contribution in [2.24, 2.45) is 0 Å². The smallest absolute Gasteiger partial charge is 0.258 e. The Labute approximate surface area is 158 Å². The third kappa shape index (κ3) is 6.07. The Balaban J connectivity index is 1.94. The molecule has 0 spiro atoms. The van der Waals surface area contributed by atoms with E-state index in [2.05, 4.69) is 22.5 Å². The molecule has 138 valence electrons. The van der Waals surface area contributed by atoms with Gasteiger partial charge in [-0.05, 0) is 49.0 Å². The number of alkyl halides is 1. The number of pyridine rings is 1. The van der Waals surface area contributed by atoms with E-state index >= 15 is 0 Å². The van der Waals surface area contributed by atoms with Crippen molar-refractivity contribution in [2.75, 3.05) is 11.9 Å². The third-order valence-corrected chi connectivity index (χ3v) is 3.82. The van der Waals surface area contributed by atoms with Crippen LogP contribution >= 0.6 is 12.2 Å². The number of carbonyl (C=O) groups is 1. The van der Waals surface area contributed by atoms with Crippen molar-refractivity contribution in [3.63, 3.8) is 0 Å². The molecule has 0 radical (unpaired) electrons. The molecule has 0 saturated carbocycles. The van der Waals surface area contributed by atoms with Gasteiger partial charge in [-0.25, -0.2) is 4.39 Å². The second kappa shape index (κ2) is 10.5. The Hall–Kier alpha value is -2.54. The molecule has 2 N–H and O–H groups in total. The summed E-state index contributed by atoms with van der Waals surface area (Å²) < 4.78 is 18.9. The van der Waals surface area contributed by atoms with Crippen molar-refractivity contribution >= 4 is 28.9 Å². The van der Waals surface area contributed by atoms with Gasteiger partial charge in [-0.15, -0.1) is 0 Å². The Morgan fingerprint density at radius 3 is 2.85 bits per heavy atom. The molecule has 2 rings (SSSR count). The number of hydrogen-bond acceptors (Lipinski definition) is 4. The minimum atomic E-state index is -0.645. The van der Waals surface area contributed by atoms with Crippen LogP contribution in [0.15, 0.2) is 42.7 Å². The topological polar surface area (TPSA) is 63.2 Å². The molecule has 0 fully saturated rings. The monoisotopic (exact) mass is 375 g/mol. The van der Waals surface area contributed by atoms with Crippen LogP contribution in [0.25, 0.3) is 0 Å². The van der Waals surface area contributed by atoms with Crippen LogP contribution in [0.2, 0.25) is 0 Å². The number of carbonyl (C=O) groups excluding carboxylic acids is 1. The van der Waals surface area contributed by atoms with E-state index < -0.39 is 6.67 Å². The van der Waals surface area contributed by atoms with Gasteiger partial charge >= 0.3 is 0 Å². The molecule has 2 aromatic rings. The van der Waals surface area contributed by atoms with Crippen molar-refractivity contribution in [1.29, 1.82) is 0 Å². The number of ether oxygens (including phenoxy) is 1. The minimum absolute atomic E-state index is 0.125. The van der Waals surface area contributed by atoms with Crippen LogP contribution in [0.5, 0.6) is 5.75 Å². The molecule has 0 aliphatic heterocycles. The van der Waals surface area contributed by atoms with Gasteiger partial charge in [0.25, 0.3) is 5.91 Å². The van der Waals surface area contributed by atoms with Gasteiger partial charge in [-0.1, -0.05) is 19.8 Å². The average Bonchev–Trinajstić information content (AvgIpc) is 2.66. The molecule has 0 bridgehead atoms. The van der Waals surface area contributed by atoms with Crippen molar-refractivity contribution in [1.82, 2.24) is 10.3 Å². The first-order valence-corrected chi connectivity index (χ1v) is 8.89. The molecule has 5 nitrogen and oxygen atoms in total. The first kappa shape index (κ1) is 19.8. The quantitative estimate of drug-likeness (QED) is 0.534. The van der Waals surface area contributed by atoms with Gasteiger partial charge < -0.3 is 10.1 Å². The zero-order valence-electron chi connectivity index (χ0n) is 14.6. The van der Waals surface area contributed by atoms with E-state index in [4.69, 9.17) is 17.0 Å². The summed E-state index contributed by atoms with van der Waals surface area (Å²) in [6, 6.07) is 8.36. The summed E-state index contributed by atoms with van der Waals surface area (Å²) in [5.74, 6) is 0.164. The van der Waals surface area contributed by atoms with Crippen LogP contribution < -0.4 is 15.4 Å². The zero-order valence-corrected chi connectivity index (χ0v) is 15.4. The van der Waals surface area contributed by atoms with Gasteiger partial charge in [0, 0.05) is 23.6 Å². The number of nitrogens with zero attached hydrogens (tertiary/aromatic N) is 1. The number of unbranched alkanes of at least 4 members (excludes halogenated alkanes) is 2. The third-order valence-electron chi connectivity index (χ3n) is 3.62. The number of nitrogens with one attached hydrogen (secondary N) is 2. The van der Waals surface area contributed by atoms with E-state index in [-0.39, 0.29) is 11.0 Å². The largest absolute Gasteiger partial charge is 0.493 e. The van der Waals surface area contributed by atoms with E-state index in [9.17, 15) is 9.18 Å². The first-order valence-electron chi connectivity index (χ1n) is 8.48. The van der Waals surface area contributed by atoms with E-state index in [0.717, 1.165) is 19.3 Å². The molecule has 0 saturated heterocycles. The van der Waals surface area contributed by atoms with Crippen LogP contribution in [0.4, 0.5) is 10.1 Å². The molecule has 7 heteroatoms. The Kier molecular flexibility index (Phi) is 7.95. The molecule has 26 heavy (non-hydrogen) atoms. The van der Waals surface area contributed by atoms with Crippen LogP contribution in [-0.2, 0) is 6.67 Å². The second-order valence-corrected chi connectivity index (χ2v) is 6.07. The summed E-state index contributed by atoms with van der Waals surface area (Å²) in [7, 11) is 0. The SMILES string of the molecule is CCCCCOc1ccc(NC(=S)NC(=O)c2cccnc2)cc1CF. The lowest BCUT2D eigenvalue weighted by atomic mass is 10.2. The zero-order chi connectivity index (χ0) is 18.8. The number of benzene rings is 1. The van der Waals surface area contributed by atoms with E-state index in [1.54, 1.807) is 36.5 Å². The summed E-state index contributed by atoms with van der Waals surface area (Å²) in [6.45, 7) is 2.03. The maximum Gasteiger partial charge on any atom is 0.258 e. The van der Waals surface area contributed by atoms with Crippen molar-refractivity contribution in [3.8, 4) is 5.75 Å². The Bertz CT molecular complexity index is 741.